The molecule has 0 bridgehead atoms. The van der Waals surface area contributed by atoms with Crippen LogP contribution in [0.1, 0.15) is 33.6 Å². The number of rotatable bonds is 2. The molecule has 1 atom stereocenters. The minimum Gasteiger partial charge on any atom is -0.368 e. The van der Waals surface area contributed by atoms with Crippen LogP contribution in [0.15, 0.2) is 9.98 Å². The molecule has 1 aliphatic heterocycles. The summed E-state index contributed by atoms with van der Waals surface area (Å²) in [5.74, 6) is 1.24. The average molecular weight is 255 g/mol. The predicted octanol–water partition coefficient (Wildman–Crippen LogP) is 1.17. The van der Waals surface area contributed by atoms with Crippen LogP contribution >= 0.6 is 11.8 Å². The summed E-state index contributed by atoms with van der Waals surface area (Å²) in [6.07, 6.45) is 4.48. The molecule has 96 valence electrons. The molecule has 2 aliphatic rings. The summed E-state index contributed by atoms with van der Waals surface area (Å²) in [6, 6.07) is 0.562. The summed E-state index contributed by atoms with van der Waals surface area (Å²) in [6.45, 7) is 6.49. The second-order valence-electron chi connectivity index (χ2n) is 5.44. The Morgan fingerprint density at radius 3 is 2.53 bits per heavy atom. The van der Waals surface area contributed by atoms with Crippen LogP contribution < -0.4 is 11.1 Å². The lowest BCUT2D eigenvalue weighted by Gasteiger charge is -2.42. The first-order valence-corrected chi connectivity index (χ1v) is 7.21. The fraction of sp³-hybridized carbons (Fsp3) is 0.818. The molecule has 3 N–H and O–H groups in total. The van der Waals surface area contributed by atoms with E-state index in [1.54, 1.807) is 11.8 Å². The fourth-order valence-corrected chi connectivity index (χ4v) is 2.63. The zero-order chi connectivity index (χ0) is 12.6. The van der Waals surface area contributed by atoms with E-state index in [9.17, 15) is 0 Å². The zero-order valence-corrected chi connectivity index (χ0v) is 11.7. The van der Waals surface area contributed by atoms with Gasteiger partial charge in [0.1, 0.15) is 0 Å². The van der Waals surface area contributed by atoms with Crippen LogP contribution in [0, 0.1) is 0 Å². The summed E-state index contributed by atoms with van der Waals surface area (Å²) < 4.78 is 0. The van der Waals surface area contributed by atoms with Gasteiger partial charge in [0.05, 0.1) is 0 Å². The van der Waals surface area contributed by atoms with Gasteiger partial charge in [0.25, 0.3) is 0 Å². The van der Waals surface area contributed by atoms with E-state index < -0.39 is 0 Å². The first-order chi connectivity index (χ1) is 7.91. The minimum absolute atomic E-state index is 0.00810. The molecule has 0 aromatic rings. The van der Waals surface area contributed by atoms with Crippen molar-refractivity contribution >= 4 is 23.7 Å². The van der Waals surface area contributed by atoms with E-state index in [1.807, 2.05) is 6.26 Å². The standard InChI is InChI=1S/C11H21N5S/c1-11(2,3)16-9(13-7-5-6-7)14-8(12)15-10(16)17-4/h7,10H,5-6H2,1-4H3,(H3,12,13,14,15). The van der Waals surface area contributed by atoms with E-state index in [-0.39, 0.29) is 11.0 Å². The van der Waals surface area contributed by atoms with E-state index in [4.69, 9.17) is 5.73 Å². The highest BCUT2D eigenvalue weighted by Gasteiger charge is 2.36. The first-order valence-electron chi connectivity index (χ1n) is 5.92. The minimum atomic E-state index is -0.0292. The Balaban J connectivity index is 2.25. The molecule has 2 rings (SSSR count). The number of guanidine groups is 2. The van der Waals surface area contributed by atoms with Crippen LogP contribution in [-0.2, 0) is 0 Å². The van der Waals surface area contributed by atoms with Crippen molar-refractivity contribution in [2.75, 3.05) is 6.26 Å². The molecule has 0 aromatic carbocycles. The highest BCUT2D eigenvalue weighted by atomic mass is 32.2. The number of nitrogens with one attached hydrogen (secondary N) is 1. The van der Waals surface area contributed by atoms with E-state index in [1.165, 1.54) is 12.8 Å². The Labute approximate surface area is 107 Å². The summed E-state index contributed by atoms with van der Waals surface area (Å²) >= 11 is 1.67. The predicted molar refractivity (Wildman–Crippen MR) is 74.1 cm³/mol. The number of nitrogens with zero attached hydrogens (tertiary/aromatic N) is 3. The maximum atomic E-state index is 5.78. The van der Waals surface area contributed by atoms with Crippen LogP contribution in [-0.4, -0.2) is 40.2 Å². The van der Waals surface area contributed by atoms with Crippen molar-refractivity contribution in [3.05, 3.63) is 0 Å². The highest BCUT2D eigenvalue weighted by molar-refractivity contribution is 7.99. The topological polar surface area (TPSA) is 66.0 Å². The molecule has 1 fully saturated rings. The Hall–Kier alpha value is -0.910. The Kier molecular flexibility index (Phi) is 3.25. The summed E-state index contributed by atoms with van der Waals surface area (Å²) in [4.78, 5) is 10.9. The van der Waals surface area contributed by atoms with Crippen LogP contribution in [0.5, 0.6) is 0 Å². The van der Waals surface area contributed by atoms with Crippen LogP contribution in [0.2, 0.25) is 0 Å². The third-order valence-electron chi connectivity index (χ3n) is 2.76. The van der Waals surface area contributed by atoms with Gasteiger partial charge in [-0.2, -0.15) is 4.99 Å². The molecule has 1 unspecified atom stereocenters. The van der Waals surface area contributed by atoms with Gasteiger partial charge in [0.15, 0.2) is 5.50 Å². The number of nitrogens with two attached hydrogens (primary N) is 1. The lowest BCUT2D eigenvalue weighted by atomic mass is 10.1. The lowest BCUT2D eigenvalue weighted by Crippen LogP contribution is -2.57. The van der Waals surface area contributed by atoms with Gasteiger partial charge >= 0.3 is 0 Å². The van der Waals surface area contributed by atoms with Crippen LogP contribution in [0.4, 0.5) is 0 Å². The van der Waals surface area contributed by atoms with E-state index in [0.29, 0.717) is 12.0 Å². The molecule has 0 amide bonds. The van der Waals surface area contributed by atoms with Gasteiger partial charge in [-0.1, -0.05) is 0 Å². The van der Waals surface area contributed by atoms with Crippen LogP contribution in [0.3, 0.4) is 0 Å². The first kappa shape index (κ1) is 12.5. The molecule has 6 heteroatoms. The number of hydrogen-bond donors (Lipinski definition) is 2. The number of hydrogen-bond acceptors (Lipinski definition) is 6. The van der Waals surface area contributed by atoms with Gasteiger partial charge in [-0.15, -0.1) is 11.8 Å². The van der Waals surface area contributed by atoms with Gasteiger partial charge in [0.2, 0.25) is 11.9 Å². The third-order valence-corrected chi connectivity index (χ3v) is 3.49. The van der Waals surface area contributed by atoms with Gasteiger partial charge in [0, 0.05) is 11.6 Å². The maximum Gasteiger partial charge on any atom is 0.221 e. The summed E-state index contributed by atoms with van der Waals surface area (Å²) in [5, 5.41) is 3.45. The SMILES string of the molecule is CSC1N=C(N)N=C(NC2CC2)N1C(C)(C)C. The second-order valence-corrected chi connectivity index (χ2v) is 6.34. The molecular formula is C11H21N5S. The normalized spacial score (nSPS) is 25.4. The average Bonchev–Trinajstić information content (AvgIpc) is 2.98. The number of thioether (sulfide) groups is 1. The number of aliphatic imine (C=N–C) groups is 2. The fourth-order valence-electron chi connectivity index (χ4n) is 1.79. The smallest absolute Gasteiger partial charge is 0.221 e. The molecule has 17 heavy (non-hydrogen) atoms. The van der Waals surface area contributed by atoms with E-state index in [2.05, 4.69) is 41.0 Å². The Morgan fingerprint density at radius 2 is 2.06 bits per heavy atom. The molecule has 5 nitrogen and oxygen atoms in total. The zero-order valence-electron chi connectivity index (χ0n) is 10.9. The highest BCUT2D eigenvalue weighted by Crippen LogP contribution is 2.28. The second kappa shape index (κ2) is 4.40. The lowest BCUT2D eigenvalue weighted by molar-refractivity contribution is 0.216. The molecule has 1 saturated carbocycles. The molecule has 0 radical (unpaired) electrons. The van der Waals surface area contributed by atoms with Crippen molar-refractivity contribution in [3.8, 4) is 0 Å². The van der Waals surface area contributed by atoms with Crippen molar-refractivity contribution in [2.24, 2.45) is 15.7 Å². The monoisotopic (exact) mass is 255 g/mol. The van der Waals surface area contributed by atoms with Gasteiger partial charge in [-0.05, 0) is 39.9 Å². The van der Waals surface area contributed by atoms with Crippen molar-refractivity contribution in [3.63, 3.8) is 0 Å². The van der Waals surface area contributed by atoms with Crippen molar-refractivity contribution in [1.82, 2.24) is 10.2 Å². The molecule has 1 aliphatic carbocycles. The van der Waals surface area contributed by atoms with Gasteiger partial charge < -0.3 is 16.0 Å². The summed E-state index contributed by atoms with van der Waals surface area (Å²) in [7, 11) is 0. The molecule has 0 aromatic heterocycles. The van der Waals surface area contributed by atoms with Crippen molar-refractivity contribution < 1.29 is 0 Å². The van der Waals surface area contributed by atoms with Gasteiger partial charge in [-0.25, -0.2) is 4.99 Å². The molecule has 0 spiro atoms. The molecule has 0 saturated heterocycles. The third kappa shape index (κ3) is 2.86. The van der Waals surface area contributed by atoms with E-state index in [0.717, 1.165) is 5.96 Å². The quantitative estimate of drug-likeness (QED) is 0.777. The van der Waals surface area contributed by atoms with Crippen LogP contribution in [0.25, 0.3) is 0 Å². The van der Waals surface area contributed by atoms with Gasteiger partial charge in [-0.3, -0.25) is 0 Å². The Morgan fingerprint density at radius 1 is 1.41 bits per heavy atom. The largest absolute Gasteiger partial charge is 0.368 e. The van der Waals surface area contributed by atoms with Crippen molar-refractivity contribution in [2.45, 2.75) is 50.7 Å². The maximum absolute atomic E-state index is 5.78. The van der Waals surface area contributed by atoms with Crippen molar-refractivity contribution in [1.29, 1.82) is 0 Å². The molecule has 1 heterocycles. The van der Waals surface area contributed by atoms with E-state index >= 15 is 0 Å². The molecular weight excluding hydrogens is 234 g/mol. The Bertz CT molecular complexity index is 353. The summed E-state index contributed by atoms with van der Waals surface area (Å²) in [5.41, 5.74) is 5.75.